The average molecular weight is 367 g/mol. The minimum absolute atomic E-state index is 0.0641. The number of carbonyl (C=O) groups is 2. The molecular weight excluding hydrogens is 342 g/mol. The van der Waals surface area contributed by atoms with Gasteiger partial charge in [-0.25, -0.2) is 0 Å². The summed E-state index contributed by atoms with van der Waals surface area (Å²) < 4.78 is 1.66. The highest BCUT2D eigenvalue weighted by molar-refractivity contribution is 6.06. The molecule has 0 aliphatic carbocycles. The molecule has 1 saturated heterocycles. The number of benzene rings is 1. The second-order valence-corrected chi connectivity index (χ2v) is 7.58. The average Bonchev–Trinajstić information content (AvgIpc) is 3.20. The fourth-order valence-corrected chi connectivity index (χ4v) is 4.18. The molecule has 4 rings (SSSR count). The molecule has 2 aliphatic rings. The van der Waals surface area contributed by atoms with E-state index in [-0.39, 0.29) is 23.8 Å². The Bertz CT molecular complexity index is 880. The first-order valence-electron chi connectivity index (χ1n) is 9.37. The number of aromatic nitrogens is 2. The van der Waals surface area contributed by atoms with Gasteiger partial charge < -0.3 is 10.6 Å². The number of rotatable bonds is 4. The van der Waals surface area contributed by atoms with Crippen LogP contribution >= 0.6 is 0 Å². The summed E-state index contributed by atoms with van der Waals surface area (Å²) >= 11 is 0. The maximum absolute atomic E-state index is 12.7. The lowest BCUT2D eigenvalue weighted by molar-refractivity contribution is -0.122. The fourth-order valence-electron chi connectivity index (χ4n) is 4.18. The highest BCUT2D eigenvalue weighted by atomic mass is 16.2. The van der Waals surface area contributed by atoms with Crippen molar-refractivity contribution in [2.75, 3.05) is 25.5 Å². The van der Waals surface area contributed by atoms with Crippen molar-refractivity contribution in [2.45, 2.75) is 38.3 Å². The quantitative estimate of drug-likeness (QED) is 0.857. The monoisotopic (exact) mass is 367 g/mol. The van der Waals surface area contributed by atoms with E-state index in [1.54, 1.807) is 11.7 Å². The van der Waals surface area contributed by atoms with Gasteiger partial charge in [0.1, 0.15) is 6.54 Å². The number of likely N-dealkylation sites (tertiary alicyclic amines) is 1. The van der Waals surface area contributed by atoms with Gasteiger partial charge in [-0.15, -0.1) is 0 Å². The second kappa shape index (κ2) is 6.81. The lowest BCUT2D eigenvalue weighted by Crippen LogP contribution is -2.46. The summed E-state index contributed by atoms with van der Waals surface area (Å²) in [5.41, 5.74) is 4.01. The second-order valence-electron chi connectivity index (χ2n) is 7.58. The van der Waals surface area contributed by atoms with Crippen molar-refractivity contribution in [3.05, 3.63) is 47.3 Å². The Balaban J connectivity index is 1.42. The molecule has 0 radical (unpaired) electrons. The van der Waals surface area contributed by atoms with Gasteiger partial charge in [0.15, 0.2) is 0 Å². The van der Waals surface area contributed by atoms with Crippen LogP contribution < -0.4 is 10.6 Å². The third-order valence-corrected chi connectivity index (χ3v) is 5.76. The van der Waals surface area contributed by atoms with E-state index in [1.807, 2.05) is 24.5 Å². The fraction of sp³-hybridized carbons (Fsp3) is 0.450. The van der Waals surface area contributed by atoms with E-state index in [4.69, 9.17) is 0 Å². The summed E-state index contributed by atoms with van der Waals surface area (Å²) in [4.78, 5) is 26.6. The highest BCUT2D eigenvalue weighted by Crippen LogP contribution is 2.45. The molecule has 1 spiro atoms. The van der Waals surface area contributed by atoms with Crippen LogP contribution in [0.4, 0.5) is 5.69 Å². The summed E-state index contributed by atoms with van der Waals surface area (Å²) in [7, 11) is 1.62. The summed E-state index contributed by atoms with van der Waals surface area (Å²) in [6, 6.07) is 6.22. The van der Waals surface area contributed by atoms with Crippen molar-refractivity contribution in [2.24, 2.45) is 0 Å². The normalized spacial score (nSPS) is 18.4. The maximum atomic E-state index is 12.7. The molecule has 2 N–H and O–H groups in total. The van der Waals surface area contributed by atoms with Gasteiger partial charge in [0, 0.05) is 31.0 Å². The van der Waals surface area contributed by atoms with Gasteiger partial charge in [-0.2, -0.15) is 5.10 Å². The van der Waals surface area contributed by atoms with E-state index in [0.717, 1.165) is 49.3 Å². The van der Waals surface area contributed by atoms with Crippen molar-refractivity contribution in [1.29, 1.82) is 0 Å². The van der Waals surface area contributed by atoms with E-state index >= 15 is 0 Å². The van der Waals surface area contributed by atoms with Gasteiger partial charge in [0.05, 0.1) is 11.6 Å². The molecule has 7 heteroatoms. The van der Waals surface area contributed by atoms with Gasteiger partial charge in [-0.05, 0) is 44.5 Å². The molecule has 3 heterocycles. The van der Waals surface area contributed by atoms with Crippen molar-refractivity contribution in [3.63, 3.8) is 0 Å². The van der Waals surface area contributed by atoms with Crippen LogP contribution in [0, 0.1) is 6.92 Å². The number of fused-ring (bicyclic) bond motifs is 2. The van der Waals surface area contributed by atoms with Crippen molar-refractivity contribution in [3.8, 4) is 0 Å². The predicted molar refractivity (Wildman–Crippen MR) is 102 cm³/mol. The van der Waals surface area contributed by atoms with Crippen LogP contribution in [0.15, 0.2) is 30.6 Å². The number of carbonyl (C=O) groups excluding carboxylic acids is 2. The third-order valence-electron chi connectivity index (χ3n) is 5.76. The Morgan fingerprint density at radius 2 is 2.11 bits per heavy atom. The first-order chi connectivity index (χ1) is 13.0. The van der Waals surface area contributed by atoms with Gasteiger partial charge >= 0.3 is 0 Å². The number of anilines is 1. The van der Waals surface area contributed by atoms with Gasteiger partial charge in [-0.3, -0.25) is 19.2 Å². The molecule has 1 fully saturated rings. The van der Waals surface area contributed by atoms with Crippen molar-refractivity contribution < 1.29 is 9.59 Å². The van der Waals surface area contributed by atoms with Crippen LogP contribution in [0.3, 0.4) is 0 Å². The number of nitrogens with one attached hydrogen (secondary N) is 2. The molecule has 0 unspecified atom stereocenters. The zero-order valence-electron chi connectivity index (χ0n) is 15.8. The lowest BCUT2D eigenvalue weighted by Gasteiger charge is -2.38. The zero-order chi connectivity index (χ0) is 19.0. The molecule has 2 amide bonds. The minimum atomic E-state index is -0.388. The number of hydrogen-bond acceptors (Lipinski definition) is 4. The molecule has 7 nitrogen and oxygen atoms in total. The predicted octanol–water partition coefficient (Wildman–Crippen LogP) is 1.42. The highest BCUT2D eigenvalue weighted by Gasteiger charge is 2.48. The SMILES string of the molecule is CNC(=O)Cn1cc(CN2CCC3(CC2)C(=O)Nc2ccc(C)cc23)cn1. The van der Waals surface area contributed by atoms with E-state index in [0.29, 0.717) is 0 Å². The number of nitrogens with zero attached hydrogens (tertiary/aromatic N) is 3. The molecule has 2 aromatic rings. The van der Waals surface area contributed by atoms with Crippen molar-refractivity contribution in [1.82, 2.24) is 20.0 Å². The standard InChI is InChI=1S/C20H25N5O2/c1-14-3-4-17-16(9-14)20(19(27)23-17)5-7-24(8-6-20)11-15-10-22-25(12-15)13-18(26)21-2/h3-4,9-10,12H,5-8,11,13H2,1-2H3,(H,21,26)(H,23,27). The van der Waals surface area contributed by atoms with Gasteiger partial charge in [-0.1, -0.05) is 17.7 Å². The number of piperidine rings is 1. The Labute approximate surface area is 158 Å². The minimum Gasteiger partial charge on any atom is -0.358 e. The topological polar surface area (TPSA) is 79.3 Å². The van der Waals surface area contributed by atoms with Crippen LogP contribution in [0.2, 0.25) is 0 Å². The number of likely N-dealkylation sites (N-methyl/N-ethyl adjacent to an activating group) is 1. The maximum Gasteiger partial charge on any atom is 0.241 e. The first kappa shape index (κ1) is 17.7. The largest absolute Gasteiger partial charge is 0.358 e. The summed E-state index contributed by atoms with van der Waals surface area (Å²) in [5.74, 6) is 0.0758. The Kier molecular flexibility index (Phi) is 4.47. The molecule has 0 bridgehead atoms. The summed E-state index contributed by atoms with van der Waals surface area (Å²) in [6.07, 6.45) is 5.37. The molecule has 1 aromatic heterocycles. The third kappa shape index (κ3) is 3.23. The van der Waals surface area contributed by atoms with Crippen LogP contribution in [0.1, 0.15) is 29.5 Å². The molecular formula is C20H25N5O2. The van der Waals surface area contributed by atoms with Gasteiger partial charge in [0.25, 0.3) is 0 Å². The summed E-state index contributed by atoms with van der Waals surface area (Å²) in [6.45, 7) is 4.81. The van der Waals surface area contributed by atoms with Crippen LogP contribution in [-0.4, -0.2) is 46.6 Å². The molecule has 0 saturated carbocycles. The summed E-state index contributed by atoms with van der Waals surface area (Å²) in [5, 5.41) is 9.93. The van der Waals surface area contributed by atoms with Crippen LogP contribution in [-0.2, 0) is 28.1 Å². The van der Waals surface area contributed by atoms with E-state index < -0.39 is 0 Å². The zero-order valence-corrected chi connectivity index (χ0v) is 15.8. The molecule has 0 atom stereocenters. The molecule has 1 aromatic carbocycles. The van der Waals surface area contributed by atoms with Crippen molar-refractivity contribution >= 4 is 17.5 Å². The molecule has 142 valence electrons. The smallest absolute Gasteiger partial charge is 0.241 e. The Morgan fingerprint density at radius 1 is 1.33 bits per heavy atom. The molecule has 2 aliphatic heterocycles. The van der Waals surface area contributed by atoms with E-state index in [1.165, 1.54) is 5.56 Å². The van der Waals surface area contributed by atoms with E-state index in [9.17, 15) is 9.59 Å². The van der Waals surface area contributed by atoms with Crippen LogP contribution in [0.5, 0.6) is 0 Å². The number of hydrogen-bond donors (Lipinski definition) is 2. The Morgan fingerprint density at radius 3 is 2.85 bits per heavy atom. The Hall–Kier alpha value is -2.67. The first-order valence-corrected chi connectivity index (χ1v) is 9.37. The van der Waals surface area contributed by atoms with Gasteiger partial charge in [0.2, 0.25) is 11.8 Å². The molecule has 27 heavy (non-hydrogen) atoms. The van der Waals surface area contributed by atoms with E-state index in [2.05, 4.69) is 33.6 Å². The lowest BCUT2D eigenvalue weighted by atomic mass is 9.73. The van der Waals surface area contributed by atoms with Crippen LogP contribution in [0.25, 0.3) is 0 Å². The number of amides is 2. The number of aryl methyl sites for hydroxylation is 1.